The molecule has 2 rings (SSSR count). The molecular weight excluding hydrogens is 286 g/mol. The van der Waals surface area contributed by atoms with Gasteiger partial charge < -0.3 is 5.32 Å². The van der Waals surface area contributed by atoms with E-state index in [-0.39, 0.29) is 0 Å². The molecule has 0 amide bonds. The molecule has 3 heteroatoms. The van der Waals surface area contributed by atoms with E-state index in [1.807, 2.05) is 12.1 Å². The molecule has 1 aromatic carbocycles. The van der Waals surface area contributed by atoms with Gasteiger partial charge in [-0.15, -0.1) is 0 Å². The van der Waals surface area contributed by atoms with Gasteiger partial charge in [0.1, 0.15) is 0 Å². The van der Waals surface area contributed by atoms with Gasteiger partial charge in [-0.3, -0.25) is 0 Å². The SMILES string of the molecule is CC(C)NCC(Cc1ccsc1)Cc1ccccc1Cl. The first-order valence-corrected chi connectivity index (χ1v) is 8.45. The Balaban J connectivity index is 2.03. The minimum atomic E-state index is 0.520. The van der Waals surface area contributed by atoms with Crippen LogP contribution >= 0.6 is 22.9 Å². The molecule has 0 radical (unpaired) electrons. The summed E-state index contributed by atoms with van der Waals surface area (Å²) in [6.45, 7) is 5.41. The van der Waals surface area contributed by atoms with Crippen molar-refractivity contribution in [3.63, 3.8) is 0 Å². The molecule has 0 aliphatic carbocycles. The van der Waals surface area contributed by atoms with Crippen molar-refractivity contribution in [1.29, 1.82) is 0 Å². The summed E-state index contributed by atoms with van der Waals surface area (Å²) < 4.78 is 0. The largest absolute Gasteiger partial charge is 0.314 e. The van der Waals surface area contributed by atoms with Gasteiger partial charge in [0.2, 0.25) is 0 Å². The van der Waals surface area contributed by atoms with Crippen molar-refractivity contribution in [1.82, 2.24) is 5.32 Å². The van der Waals surface area contributed by atoms with E-state index in [1.54, 1.807) is 11.3 Å². The number of rotatable bonds is 7. The van der Waals surface area contributed by atoms with Gasteiger partial charge in [0.25, 0.3) is 0 Å². The van der Waals surface area contributed by atoms with Crippen LogP contribution in [-0.2, 0) is 12.8 Å². The maximum absolute atomic E-state index is 6.29. The first-order valence-electron chi connectivity index (χ1n) is 7.13. The molecule has 1 heterocycles. The number of thiophene rings is 1. The molecule has 0 spiro atoms. The van der Waals surface area contributed by atoms with Crippen LogP contribution in [-0.4, -0.2) is 12.6 Å². The fourth-order valence-electron chi connectivity index (χ4n) is 2.34. The van der Waals surface area contributed by atoms with Gasteiger partial charge in [-0.2, -0.15) is 11.3 Å². The average molecular weight is 308 g/mol. The lowest BCUT2D eigenvalue weighted by molar-refractivity contribution is 0.444. The summed E-state index contributed by atoms with van der Waals surface area (Å²) in [4.78, 5) is 0. The summed E-state index contributed by atoms with van der Waals surface area (Å²) >= 11 is 8.06. The van der Waals surface area contributed by atoms with E-state index in [0.29, 0.717) is 12.0 Å². The molecule has 2 aromatic rings. The number of hydrogen-bond acceptors (Lipinski definition) is 2. The highest BCUT2D eigenvalue weighted by Gasteiger charge is 2.13. The summed E-state index contributed by atoms with van der Waals surface area (Å²) in [7, 11) is 0. The first-order chi connectivity index (χ1) is 9.65. The summed E-state index contributed by atoms with van der Waals surface area (Å²) in [6.07, 6.45) is 2.13. The molecule has 1 nitrogen and oxygen atoms in total. The normalized spacial score (nSPS) is 12.8. The molecule has 1 unspecified atom stereocenters. The van der Waals surface area contributed by atoms with E-state index in [1.165, 1.54) is 11.1 Å². The molecule has 1 N–H and O–H groups in total. The third-order valence-corrected chi connectivity index (χ3v) is 4.49. The van der Waals surface area contributed by atoms with Crippen LogP contribution in [0.3, 0.4) is 0 Å². The van der Waals surface area contributed by atoms with Gasteiger partial charge in [0.15, 0.2) is 0 Å². The molecule has 1 atom stereocenters. The molecule has 0 bridgehead atoms. The van der Waals surface area contributed by atoms with Crippen LogP contribution in [0, 0.1) is 5.92 Å². The predicted molar refractivity (Wildman–Crippen MR) is 89.8 cm³/mol. The Hall–Kier alpha value is -0.830. The third kappa shape index (κ3) is 4.93. The van der Waals surface area contributed by atoms with Gasteiger partial charge >= 0.3 is 0 Å². The fourth-order valence-corrected chi connectivity index (χ4v) is 3.23. The lowest BCUT2D eigenvalue weighted by atomic mass is 9.93. The molecule has 0 fully saturated rings. The van der Waals surface area contributed by atoms with Gasteiger partial charge in [0.05, 0.1) is 0 Å². The fraction of sp³-hybridized carbons (Fsp3) is 0.412. The number of benzene rings is 1. The monoisotopic (exact) mass is 307 g/mol. The van der Waals surface area contributed by atoms with Crippen molar-refractivity contribution in [2.75, 3.05) is 6.54 Å². The zero-order chi connectivity index (χ0) is 14.4. The minimum absolute atomic E-state index is 0.520. The third-order valence-electron chi connectivity index (χ3n) is 3.39. The van der Waals surface area contributed by atoms with E-state index in [9.17, 15) is 0 Å². The predicted octanol–water partition coefficient (Wildman–Crippen LogP) is 4.80. The summed E-state index contributed by atoms with van der Waals surface area (Å²) in [5, 5.41) is 8.84. The van der Waals surface area contributed by atoms with Crippen LogP contribution in [0.25, 0.3) is 0 Å². The minimum Gasteiger partial charge on any atom is -0.314 e. The Bertz CT molecular complexity index is 507. The zero-order valence-electron chi connectivity index (χ0n) is 12.1. The van der Waals surface area contributed by atoms with E-state index in [4.69, 9.17) is 11.6 Å². The van der Waals surface area contributed by atoms with Crippen LogP contribution in [0.1, 0.15) is 25.0 Å². The van der Waals surface area contributed by atoms with Crippen LogP contribution in [0.4, 0.5) is 0 Å². The Morgan fingerprint density at radius 3 is 2.60 bits per heavy atom. The van der Waals surface area contributed by atoms with Crippen molar-refractivity contribution in [2.24, 2.45) is 5.92 Å². The van der Waals surface area contributed by atoms with Crippen LogP contribution in [0.2, 0.25) is 5.02 Å². The highest BCUT2D eigenvalue weighted by molar-refractivity contribution is 7.07. The Labute approximate surface area is 131 Å². The quantitative estimate of drug-likeness (QED) is 0.774. The maximum atomic E-state index is 6.29. The van der Waals surface area contributed by atoms with Crippen molar-refractivity contribution in [3.05, 3.63) is 57.2 Å². The first kappa shape index (κ1) is 15.6. The summed E-state index contributed by atoms with van der Waals surface area (Å²) in [5.74, 6) is 0.576. The Kier molecular flexibility index (Phi) is 6.08. The van der Waals surface area contributed by atoms with Gasteiger partial charge in [-0.05, 0) is 59.3 Å². The smallest absolute Gasteiger partial charge is 0.0438 e. The Morgan fingerprint density at radius 2 is 1.95 bits per heavy atom. The second-order valence-electron chi connectivity index (χ2n) is 5.56. The van der Waals surface area contributed by atoms with E-state index in [2.05, 4.69) is 48.1 Å². The summed E-state index contributed by atoms with van der Waals surface area (Å²) in [5.41, 5.74) is 2.68. The van der Waals surface area contributed by atoms with Gasteiger partial charge in [-0.1, -0.05) is 43.6 Å². The second-order valence-corrected chi connectivity index (χ2v) is 6.75. The maximum Gasteiger partial charge on any atom is 0.0438 e. The lowest BCUT2D eigenvalue weighted by Gasteiger charge is -2.19. The zero-order valence-corrected chi connectivity index (χ0v) is 13.7. The molecule has 1 aromatic heterocycles. The molecule has 0 aliphatic heterocycles. The van der Waals surface area contributed by atoms with Crippen molar-refractivity contribution in [3.8, 4) is 0 Å². The highest BCUT2D eigenvalue weighted by Crippen LogP contribution is 2.21. The molecule has 108 valence electrons. The number of nitrogens with one attached hydrogen (secondary N) is 1. The van der Waals surface area contributed by atoms with E-state index in [0.717, 1.165) is 24.4 Å². The standard InChI is InChI=1S/C17H22ClNS/c1-13(2)19-11-15(9-14-7-8-20-12-14)10-16-5-3-4-6-17(16)18/h3-8,12-13,15,19H,9-11H2,1-2H3. The molecule has 0 aliphatic rings. The average Bonchev–Trinajstić information content (AvgIpc) is 2.91. The summed E-state index contributed by atoms with van der Waals surface area (Å²) in [6, 6.07) is 10.9. The Morgan fingerprint density at radius 1 is 1.15 bits per heavy atom. The van der Waals surface area contributed by atoms with Crippen molar-refractivity contribution in [2.45, 2.75) is 32.7 Å². The topological polar surface area (TPSA) is 12.0 Å². The highest BCUT2D eigenvalue weighted by atomic mass is 35.5. The van der Waals surface area contributed by atoms with Gasteiger partial charge in [-0.25, -0.2) is 0 Å². The van der Waals surface area contributed by atoms with E-state index >= 15 is 0 Å². The van der Waals surface area contributed by atoms with Crippen LogP contribution < -0.4 is 5.32 Å². The molecular formula is C17H22ClNS. The lowest BCUT2D eigenvalue weighted by Crippen LogP contribution is -2.31. The van der Waals surface area contributed by atoms with Crippen molar-refractivity contribution < 1.29 is 0 Å². The van der Waals surface area contributed by atoms with Gasteiger partial charge in [0, 0.05) is 11.1 Å². The molecule has 20 heavy (non-hydrogen) atoms. The second kappa shape index (κ2) is 7.82. The van der Waals surface area contributed by atoms with Crippen LogP contribution in [0.5, 0.6) is 0 Å². The molecule has 0 saturated carbocycles. The van der Waals surface area contributed by atoms with Crippen molar-refractivity contribution >= 4 is 22.9 Å². The number of halogens is 1. The molecule has 0 saturated heterocycles. The van der Waals surface area contributed by atoms with E-state index < -0.39 is 0 Å². The number of hydrogen-bond donors (Lipinski definition) is 1. The van der Waals surface area contributed by atoms with Crippen LogP contribution in [0.15, 0.2) is 41.1 Å².